The lowest BCUT2D eigenvalue weighted by Crippen LogP contribution is -2.45. The average molecular weight is 279 g/mol. The number of carbonyl (C=O) groups is 1. The zero-order valence-corrected chi connectivity index (χ0v) is 9.13. The normalized spacial score (nSPS) is 15.6. The van der Waals surface area contributed by atoms with E-state index in [9.17, 15) is 31.9 Å². The lowest BCUT2D eigenvalue weighted by molar-refractivity contribution is -0.266. The van der Waals surface area contributed by atoms with Crippen LogP contribution in [0.2, 0.25) is 0 Å². The molecule has 1 aromatic rings. The maximum Gasteiger partial charge on any atom is 0.461 e. The first-order chi connectivity index (χ1) is 8.66. The summed E-state index contributed by atoms with van der Waals surface area (Å²) in [5, 5.41) is 9.56. The van der Waals surface area contributed by atoms with Crippen LogP contribution in [0.3, 0.4) is 0 Å². The number of allylic oxidation sites excluding steroid dienone is 1. The third kappa shape index (κ3) is 1.96. The fourth-order valence-corrected chi connectivity index (χ4v) is 1.73. The maximum absolute atomic E-state index is 12.9. The molecular formula is C11H6F5NO2. The summed E-state index contributed by atoms with van der Waals surface area (Å²) in [5.74, 6) is -8.84. The third-order valence-corrected chi connectivity index (χ3v) is 2.73. The highest BCUT2D eigenvalue weighted by atomic mass is 19.4. The van der Waals surface area contributed by atoms with E-state index in [0.717, 1.165) is 6.20 Å². The molecule has 1 aliphatic rings. The van der Waals surface area contributed by atoms with Crippen LogP contribution in [0, 0.1) is 0 Å². The number of pyridine rings is 1. The summed E-state index contributed by atoms with van der Waals surface area (Å²) in [5.41, 5.74) is -0.692. The van der Waals surface area contributed by atoms with Crippen molar-refractivity contribution in [1.82, 2.24) is 4.98 Å². The SMILES string of the molecule is O=C(C1=C(O)c2cnccc2C1)C(F)(F)C(F)(F)F. The number of carbonyl (C=O) groups excluding carboxylic acids is 1. The Morgan fingerprint density at radius 1 is 1.26 bits per heavy atom. The number of halogens is 5. The van der Waals surface area contributed by atoms with Gasteiger partial charge in [-0.25, -0.2) is 0 Å². The van der Waals surface area contributed by atoms with E-state index in [2.05, 4.69) is 4.98 Å². The smallest absolute Gasteiger partial charge is 0.461 e. The number of aliphatic hydroxyl groups is 1. The molecule has 0 aliphatic heterocycles. The minimum absolute atomic E-state index is 0.0103. The van der Waals surface area contributed by atoms with Gasteiger partial charge >= 0.3 is 12.1 Å². The molecule has 0 amide bonds. The number of aliphatic hydroxyl groups excluding tert-OH is 1. The van der Waals surface area contributed by atoms with Gasteiger partial charge in [0, 0.05) is 30.0 Å². The fourth-order valence-electron chi connectivity index (χ4n) is 1.73. The molecule has 1 N–H and O–H groups in total. The molecule has 3 nitrogen and oxygen atoms in total. The number of rotatable bonds is 2. The Hall–Kier alpha value is -1.99. The van der Waals surface area contributed by atoms with Gasteiger partial charge in [0.25, 0.3) is 0 Å². The third-order valence-electron chi connectivity index (χ3n) is 2.73. The van der Waals surface area contributed by atoms with E-state index >= 15 is 0 Å². The van der Waals surface area contributed by atoms with Crippen molar-refractivity contribution in [3.63, 3.8) is 0 Å². The molecule has 102 valence electrons. The summed E-state index contributed by atoms with van der Waals surface area (Å²) in [6.45, 7) is 0. The summed E-state index contributed by atoms with van der Waals surface area (Å²) in [6, 6.07) is 1.33. The minimum Gasteiger partial charge on any atom is -0.507 e. The average Bonchev–Trinajstić information content (AvgIpc) is 2.65. The van der Waals surface area contributed by atoms with Gasteiger partial charge in [-0.1, -0.05) is 0 Å². The first-order valence-corrected chi connectivity index (χ1v) is 5.01. The first kappa shape index (κ1) is 13.4. The van der Waals surface area contributed by atoms with Crippen molar-refractivity contribution in [2.45, 2.75) is 18.5 Å². The largest absolute Gasteiger partial charge is 0.507 e. The molecule has 1 aromatic heterocycles. The molecule has 8 heteroatoms. The van der Waals surface area contributed by atoms with Crippen molar-refractivity contribution < 1.29 is 31.9 Å². The van der Waals surface area contributed by atoms with E-state index < -0.39 is 35.6 Å². The van der Waals surface area contributed by atoms with Crippen molar-refractivity contribution in [3.05, 3.63) is 35.2 Å². The topological polar surface area (TPSA) is 50.2 Å². The summed E-state index contributed by atoms with van der Waals surface area (Å²) >= 11 is 0. The maximum atomic E-state index is 12.9. The molecule has 0 saturated carbocycles. The molecule has 0 saturated heterocycles. The second-order valence-corrected chi connectivity index (χ2v) is 3.94. The van der Waals surface area contributed by atoms with Crippen LogP contribution < -0.4 is 0 Å². The quantitative estimate of drug-likeness (QED) is 0.847. The van der Waals surface area contributed by atoms with Crippen molar-refractivity contribution in [3.8, 4) is 0 Å². The monoisotopic (exact) mass is 279 g/mol. The van der Waals surface area contributed by atoms with Gasteiger partial charge in [-0.3, -0.25) is 9.78 Å². The van der Waals surface area contributed by atoms with E-state index in [4.69, 9.17) is 0 Å². The number of fused-ring (bicyclic) bond motifs is 1. The summed E-state index contributed by atoms with van der Waals surface area (Å²) in [6.07, 6.45) is -4.10. The van der Waals surface area contributed by atoms with E-state index in [1.165, 1.54) is 12.3 Å². The van der Waals surface area contributed by atoms with Gasteiger partial charge in [0.05, 0.1) is 0 Å². The van der Waals surface area contributed by atoms with Gasteiger partial charge < -0.3 is 5.11 Å². The first-order valence-electron chi connectivity index (χ1n) is 5.01. The zero-order valence-electron chi connectivity index (χ0n) is 9.13. The molecule has 0 spiro atoms. The number of nitrogens with zero attached hydrogens (tertiary/aromatic N) is 1. The Balaban J connectivity index is 2.42. The molecular weight excluding hydrogens is 273 g/mol. The molecule has 0 unspecified atom stereocenters. The van der Waals surface area contributed by atoms with Crippen LogP contribution in [0.1, 0.15) is 11.1 Å². The van der Waals surface area contributed by atoms with E-state index in [0.29, 0.717) is 0 Å². The van der Waals surface area contributed by atoms with Crippen molar-refractivity contribution in [1.29, 1.82) is 0 Å². The van der Waals surface area contributed by atoms with Crippen LogP contribution in [0.15, 0.2) is 24.0 Å². The second kappa shape index (κ2) is 4.01. The van der Waals surface area contributed by atoms with Crippen LogP contribution in [0.5, 0.6) is 0 Å². The summed E-state index contributed by atoms with van der Waals surface area (Å²) < 4.78 is 62.2. The molecule has 0 fully saturated rings. The van der Waals surface area contributed by atoms with Gasteiger partial charge in [0.15, 0.2) is 0 Å². The number of ketones is 1. The standard InChI is InChI=1S/C11H6F5NO2/c12-10(13,11(14,15)16)9(19)6-3-5-1-2-17-4-7(5)8(6)18/h1-2,4,18H,3H2. The predicted molar refractivity (Wildman–Crippen MR) is 53.5 cm³/mol. The molecule has 1 aliphatic carbocycles. The Labute approximate surface area is 103 Å². The summed E-state index contributed by atoms with van der Waals surface area (Å²) in [7, 11) is 0. The number of alkyl halides is 5. The van der Waals surface area contributed by atoms with Crippen LogP contribution >= 0.6 is 0 Å². The van der Waals surface area contributed by atoms with Gasteiger partial charge in [-0.15, -0.1) is 0 Å². The molecule has 0 bridgehead atoms. The van der Waals surface area contributed by atoms with Crippen molar-refractivity contribution in [2.24, 2.45) is 0 Å². The Morgan fingerprint density at radius 2 is 1.89 bits per heavy atom. The van der Waals surface area contributed by atoms with Crippen LogP contribution in [0.4, 0.5) is 22.0 Å². The van der Waals surface area contributed by atoms with E-state index in [1.54, 1.807) is 0 Å². The molecule has 0 radical (unpaired) electrons. The van der Waals surface area contributed by atoms with Gasteiger partial charge in [-0.2, -0.15) is 22.0 Å². The molecule has 0 aromatic carbocycles. The molecule has 1 heterocycles. The second-order valence-electron chi connectivity index (χ2n) is 3.94. The predicted octanol–water partition coefficient (Wildman–Crippen LogP) is 2.67. The Morgan fingerprint density at radius 3 is 2.42 bits per heavy atom. The highest BCUT2D eigenvalue weighted by molar-refractivity contribution is 6.08. The lowest BCUT2D eigenvalue weighted by atomic mass is 10.0. The lowest BCUT2D eigenvalue weighted by Gasteiger charge is -2.18. The van der Waals surface area contributed by atoms with Crippen molar-refractivity contribution in [2.75, 3.05) is 0 Å². The molecule has 2 rings (SSSR count). The fraction of sp³-hybridized carbons (Fsp3) is 0.273. The number of hydrogen-bond acceptors (Lipinski definition) is 3. The van der Waals surface area contributed by atoms with Crippen LogP contribution in [-0.2, 0) is 11.2 Å². The van der Waals surface area contributed by atoms with Crippen LogP contribution in [-0.4, -0.2) is 28.0 Å². The summed E-state index contributed by atoms with van der Waals surface area (Å²) in [4.78, 5) is 14.9. The Bertz CT molecular complexity index is 577. The van der Waals surface area contributed by atoms with E-state index in [-0.39, 0.29) is 11.1 Å². The van der Waals surface area contributed by atoms with Gasteiger partial charge in [-0.05, 0) is 11.6 Å². The molecule has 0 atom stereocenters. The highest BCUT2D eigenvalue weighted by Gasteiger charge is 2.64. The molecule has 19 heavy (non-hydrogen) atoms. The van der Waals surface area contributed by atoms with Gasteiger partial charge in [0.2, 0.25) is 5.78 Å². The van der Waals surface area contributed by atoms with E-state index in [1.807, 2.05) is 0 Å². The highest BCUT2D eigenvalue weighted by Crippen LogP contribution is 2.41. The zero-order chi connectivity index (χ0) is 14.4. The minimum atomic E-state index is -6.00. The Kier molecular flexibility index (Phi) is 2.83. The van der Waals surface area contributed by atoms with Crippen molar-refractivity contribution >= 4 is 11.5 Å². The number of Topliss-reactive ketones (excluding diaryl/α,β-unsaturated/α-hetero) is 1. The van der Waals surface area contributed by atoms with Crippen LogP contribution in [0.25, 0.3) is 5.76 Å². The van der Waals surface area contributed by atoms with Gasteiger partial charge in [0.1, 0.15) is 5.76 Å². The number of hydrogen-bond donors (Lipinski definition) is 1. The number of aromatic nitrogens is 1.